The Kier molecular flexibility index (Phi) is 7.53. The van der Waals surface area contributed by atoms with E-state index in [9.17, 15) is 20.1 Å². The number of aromatic amines is 1. The van der Waals surface area contributed by atoms with Crippen molar-refractivity contribution in [3.05, 3.63) is 93.9 Å². The molecule has 5 rings (SSSR count). The molecule has 5 aromatic rings. The Labute approximate surface area is 231 Å². The second-order valence-corrected chi connectivity index (χ2v) is 9.68. The Hall–Kier alpha value is -4.69. The van der Waals surface area contributed by atoms with Gasteiger partial charge in [-0.15, -0.1) is 0 Å². The van der Waals surface area contributed by atoms with E-state index in [1.54, 1.807) is 19.2 Å². The Morgan fingerprint density at radius 1 is 0.925 bits per heavy atom. The molecular weight excluding hydrogens is 510 g/mol. The molecule has 1 unspecified atom stereocenters. The van der Waals surface area contributed by atoms with Crippen LogP contribution in [-0.2, 0) is 17.6 Å². The first-order valence-electron chi connectivity index (χ1n) is 13.0. The van der Waals surface area contributed by atoms with Crippen LogP contribution in [0.15, 0.2) is 76.1 Å². The molecule has 0 aliphatic heterocycles. The van der Waals surface area contributed by atoms with E-state index in [4.69, 9.17) is 13.9 Å². The van der Waals surface area contributed by atoms with Crippen molar-refractivity contribution in [2.24, 2.45) is 0 Å². The van der Waals surface area contributed by atoms with Gasteiger partial charge in [-0.05, 0) is 59.9 Å². The summed E-state index contributed by atoms with van der Waals surface area (Å²) in [7, 11) is 2.92. The number of benzene rings is 3. The van der Waals surface area contributed by atoms with Crippen molar-refractivity contribution >= 4 is 11.0 Å². The fraction of sp³-hybridized carbons (Fsp3) is 0.219. The number of aryl methyl sites for hydroxylation is 1. The van der Waals surface area contributed by atoms with E-state index in [0.717, 1.165) is 28.8 Å². The molecule has 8 nitrogen and oxygen atoms in total. The second kappa shape index (κ2) is 11.2. The molecule has 2 aromatic heterocycles. The summed E-state index contributed by atoms with van der Waals surface area (Å²) >= 11 is 0. The van der Waals surface area contributed by atoms with Crippen LogP contribution in [0.2, 0.25) is 0 Å². The molecule has 0 fully saturated rings. The molecule has 206 valence electrons. The van der Waals surface area contributed by atoms with Crippen LogP contribution in [0.4, 0.5) is 0 Å². The number of H-pyrrole nitrogens is 1. The molecule has 0 radical (unpaired) electrons. The average molecular weight is 542 g/mol. The zero-order valence-corrected chi connectivity index (χ0v) is 22.5. The normalized spacial score (nSPS) is 12.1. The minimum atomic E-state index is -0.495. The molecule has 2 heterocycles. The molecular formula is C32H31NO7. The van der Waals surface area contributed by atoms with Crippen LogP contribution in [-0.4, -0.2) is 41.1 Å². The summed E-state index contributed by atoms with van der Waals surface area (Å²) in [6, 6.07) is 17.7. The van der Waals surface area contributed by atoms with Gasteiger partial charge in [-0.2, -0.15) is 0 Å². The minimum Gasteiger partial charge on any atom is -0.508 e. The zero-order chi connectivity index (χ0) is 28.4. The number of fused-ring (bicyclic) bond motifs is 1. The van der Waals surface area contributed by atoms with Gasteiger partial charge in [0.1, 0.15) is 22.5 Å². The first-order chi connectivity index (χ1) is 19.3. The van der Waals surface area contributed by atoms with Crippen LogP contribution in [0.1, 0.15) is 29.7 Å². The van der Waals surface area contributed by atoms with Gasteiger partial charge in [-0.1, -0.05) is 31.2 Å². The smallest absolute Gasteiger partial charge is 0.204 e. The van der Waals surface area contributed by atoms with Crippen molar-refractivity contribution in [3.63, 3.8) is 0 Å². The predicted molar refractivity (Wildman–Crippen MR) is 153 cm³/mol. The van der Waals surface area contributed by atoms with Gasteiger partial charge in [0.05, 0.1) is 13.7 Å². The summed E-state index contributed by atoms with van der Waals surface area (Å²) in [5.41, 5.74) is 4.64. The number of phenols is 3. The summed E-state index contributed by atoms with van der Waals surface area (Å²) in [5.74, 6) is -0.935. The largest absolute Gasteiger partial charge is 0.508 e. The molecule has 0 aliphatic rings. The summed E-state index contributed by atoms with van der Waals surface area (Å²) < 4.78 is 17.1. The van der Waals surface area contributed by atoms with E-state index in [1.807, 2.05) is 24.4 Å². The van der Waals surface area contributed by atoms with Gasteiger partial charge >= 0.3 is 0 Å². The van der Waals surface area contributed by atoms with Gasteiger partial charge in [-0.25, -0.2) is 0 Å². The quantitative estimate of drug-likeness (QED) is 0.177. The molecule has 0 aliphatic carbocycles. The third kappa shape index (κ3) is 5.01. The number of aromatic nitrogens is 1. The average Bonchev–Trinajstić information content (AvgIpc) is 3.45. The summed E-state index contributed by atoms with van der Waals surface area (Å²) in [6.45, 7) is 2.41. The number of ether oxygens (including phenoxy) is 2. The van der Waals surface area contributed by atoms with Crippen molar-refractivity contribution in [1.82, 2.24) is 4.98 Å². The van der Waals surface area contributed by atoms with E-state index in [0.29, 0.717) is 17.7 Å². The second-order valence-electron chi connectivity index (χ2n) is 9.68. The van der Waals surface area contributed by atoms with Crippen molar-refractivity contribution < 1.29 is 29.2 Å². The molecule has 8 heteroatoms. The molecule has 0 amide bonds. The number of hydrogen-bond acceptors (Lipinski definition) is 7. The molecule has 1 atom stereocenters. The maximum atomic E-state index is 13.3. The van der Waals surface area contributed by atoms with Crippen molar-refractivity contribution in [1.29, 1.82) is 0 Å². The maximum absolute atomic E-state index is 13.3. The van der Waals surface area contributed by atoms with Gasteiger partial charge in [0.2, 0.25) is 5.75 Å². The molecule has 4 N–H and O–H groups in total. The van der Waals surface area contributed by atoms with Crippen LogP contribution in [0.3, 0.4) is 0 Å². The third-order valence-corrected chi connectivity index (χ3v) is 7.16. The third-order valence-electron chi connectivity index (χ3n) is 7.16. The molecule has 0 spiro atoms. The summed E-state index contributed by atoms with van der Waals surface area (Å²) in [4.78, 5) is 16.6. The fourth-order valence-electron chi connectivity index (χ4n) is 5.06. The predicted octanol–water partition coefficient (Wildman–Crippen LogP) is 6.12. The van der Waals surface area contributed by atoms with E-state index in [2.05, 4.69) is 24.0 Å². The highest BCUT2D eigenvalue weighted by molar-refractivity contribution is 5.92. The number of nitrogens with one attached hydrogen (secondary N) is 1. The SMILES string of the molecule is CCc1cc(-c2cccc(C(COC)Cc3c(O)c(OC)c(O)c4c(=O)cc(-c5ccc(O)cc5)oc34)c2)c[nH]1. The highest BCUT2D eigenvalue weighted by Gasteiger charge is 2.27. The first-order valence-corrected chi connectivity index (χ1v) is 13.0. The lowest BCUT2D eigenvalue weighted by molar-refractivity contribution is 0.178. The standard InChI is InChI=1S/C32H31NO7/c1-4-23-13-21(16-33-23)19-6-5-7-20(12-19)22(17-38-2)14-25-29(36)32(39-3)30(37)28-26(35)15-27(40-31(25)28)18-8-10-24(34)11-9-18/h5-13,15-16,22,33-34,36-37H,4,14,17H2,1-3H3. The Balaban J connectivity index is 1.66. The Morgan fingerprint density at radius 2 is 1.70 bits per heavy atom. The lowest BCUT2D eigenvalue weighted by atomic mass is 9.89. The lowest BCUT2D eigenvalue weighted by Gasteiger charge is -2.20. The maximum Gasteiger partial charge on any atom is 0.204 e. The van der Waals surface area contributed by atoms with Crippen molar-refractivity contribution in [2.45, 2.75) is 25.7 Å². The van der Waals surface area contributed by atoms with Crippen LogP contribution < -0.4 is 10.2 Å². The number of hydrogen-bond donors (Lipinski definition) is 4. The van der Waals surface area contributed by atoms with E-state index in [1.165, 1.54) is 25.3 Å². The molecule has 0 saturated carbocycles. The Bertz CT molecular complexity index is 1720. The molecule has 0 bridgehead atoms. The number of aromatic hydroxyl groups is 3. The summed E-state index contributed by atoms with van der Waals surface area (Å²) in [6.07, 6.45) is 3.11. The van der Waals surface area contributed by atoms with E-state index >= 15 is 0 Å². The fourth-order valence-corrected chi connectivity index (χ4v) is 5.06. The lowest BCUT2D eigenvalue weighted by Crippen LogP contribution is -2.12. The van der Waals surface area contributed by atoms with Gasteiger partial charge in [0.15, 0.2) is 16.9 Å². The van der Waals surface area contributed by atoms with Gasteiger partial charge in [-0.3, -0.25) is 4.79 Å². The van der Waals surface area contributed by atoms with Crippen LogP contribution in [0.25, 0.3) is 33.4 Å². The van der Waals surface area contributed by atoms with Crippen molar-refractivity contribution in [2.75, 3.05) is 20.8 Å². The Morgan fingerprint density at radius 3 is 2.38 bits per heavy atom. The summed E-state index contributed by atoms with van der Waals surface area (Å²) in [5, 5.41) is 31.7. The van der Waals surface area contributed by atoms with Gasteiger partial charge < -0.3 is 34.2 Å². The topological polar surface area (TPSA) is 125 Å². The highest BCUT2D eigenvalue weighted by atomic mass is 16.5. The number of methoxy groups -OCH3 is 2. The zero-order valence-electron chi connectivity index (χ0n) is 22.5. The monoisotopic (exact) mass is 541 g/mol. The molecule has 3 aromatic carbocycles. The van der Waals surface area contributed by atoms with Gasteiger partial charge in [0.25, 0.3) is 0 Å². The molecule has 40 heavy (non-hydrogen) atoms. The van der Waals surface area contributed by atoms with E-state index in [-0.39, 0.29) is 46.3 Å². The first kappa shape index (κ1) is 26.9. The molecule has 0 saturated heterocycles. The number of phenolic OH excluding ortho intramolecular Hbond substituents is 3. The highest BCUT2D eigenvalue weighted by Crippen LogP contribution is 2.46. The van der Waals surface area contributed by atoms with Gasteiger partial charge in [0, 0.05) is 42.1 Å². The number of rotatable bonds is 9. The van der Waals surface area contributed by atoms with E-state index < -0.39 is 11.2 Å². The van der Waals surface area contributed by atoms with Crippen molar-refractivity contribution in [3.8, 4) is 45.4 Å². The van der Waals surface area contributed by atoms with Crippen LogP contribution in [0, 0.1) is 0 Å². The van der Waals surface area contributed by atoms with Crippen LogP contribution >= 0.6 is 0 Å². The minimum absolute atomic E-state index is 0.0573. The van der Waals surface area contributed by atoms with Crippen LogP contribution in [0.5, 0.6) is 23.0 Å².